The van der Waals surface area contributed by atoms with Crippen LogP contribution in [0.15, 0.2) is 0 Å². The van der Waals surface area contributed by atoms with Gasteiger partial charge >= 0.3 is 0 Å². The van der Waals surface area contributed by atoms with Crippen LogP contribution in [0.25, 0.3) is 0 Å². The van der Waals surface area contributed by atoms with Crippen molar-refractivity contribution in [1.82, 2.24) is 9.57 Å². The quantitative estimate of drug-likeness (QED) is 0.376. The third-order valence-electron chi connectivity index (χ3n) is 3.90. The molecule has 0 bridgehead atoms. The molecule has 3 heteroatoms. The summed E-state index contributed by atoms with van der Waals surface area (Å²) in [5, 5.41) is 0. The maximum atomic E-state index is 2.57. The Bertz CT molecular complexity index is 197. The third kappa shape index (κ3) is 10.8. The summed E-state index contributed by atoms with van der Waals surface area (Å²) in [6.07, 6.45) is 9.76. The zero-order chi connectivity index (χ0) is 14.7. The monoisotopic (exact) mass is 288 g/mol. The fourth-order valence-corrected chi connectivity index (χ4v) is 3.61. The number of hydrogen-bond donors (Lipinski definition) is 0. The normalized spacial score (nSPS) is 15.8. The van der Waals surface area contributed by atoms with Gasteiger partial charge in [-0.1, -0.05) is 46.0 Å². The van der Waals surface area contributed by atoms with Crippen molar-refractivity contribution in [2.45, 2.75) is 71.5 Å². The highest BCUT2D eigenvalue weighted by Crippen LogP contribution is 2.27. The fourth-order valence-electron chi connectivity index (χ4n) is 2.38. The van der Waals surface area contributed by atoms with Crippen LogP contribution in [0.4, 0.5) is 0 Å². The highest BCUT2D eigenvalue weighted by molar-refractivity contribution is 7.35. The zero-order valence-corrected chi connectivity index (χ0v) is 15.2. The van der Waals surface area contributed by atoms with E-state index < -0.39 is 0 Å². The molecule has 0 fully saturated rings. The highest BCUT2D eigenvalue weighted by atomic mass is 31.1. The lowest BCUT2D eigenvalue weighted by Gasteiger charge is -2.29. The lowest BCUT2D eigenvalue weighted by atomic mass is 9.95. The molecule has 0 aromatic carbocycles. The van der Waals surface area contributed by atoms with Crippen LogP contribution in [0.2, 0.25) is 0 Å². The Labute approximate surface area is 124 Å². The maximum Gasteiger partial charge on any atom is 0.0369 e. The van der Waals surface area contributed by atoms with Crippen molar-refractivity contribution in [3.63, 3.8) is 0 Å². The standard InChI is InChI=1S/C16H37N2P/c1-7-9-11-13-16(12-10-8-2)14-18(6)19-15(3)17(4)5/h15-16,19H,7-14H2,1-6H3. The maximum absolute atomic E-state index is 2.57. The van der Waals surface area contributed by atoms with Crippen LogP contribution in [0, 0.1) is 5.92 Å². The summed E-state index contributed by atoms with van der Waals surface area (Å²) in [6, 6.07) is 0. The van der Waals surface area contributed by atoms with E-state index >= 15 is 0 Å². The van der Waals surface area contributed by atoms with E-state index in [0.29, 0.717) is 5.78 Å². The van der Waals surface area contributed by atoms with Gasteiger partial charge in [-0.05, 0) is 55.6 Å². The van der Waals surface area contributed by atoms with E-state index in [0.717, 1.165) is 14.6 Å². The molecule has 0 heterocycles. The van der Waals surface area contributed by atoms with E-state index in [1.165, 1.54) is 51.5 Å². The van der Waals surface area contributed by atoms with Crippen LogP contribution in [0.3, 0.4) is 0 Å². The molecule has 2 nitrogen and oxygen atoms in total. The molecule has 0 saturated carbocycles. The first-order valence-electron chi connectivity index (χ1n) is 8.14. The predicted octanol–water partition coefficient (Wildman–Crippen LogP) is 4.81. The molecular weight excluding hydrogens is 251 g/mol. The van der Waals surface area contributed by atoms with E-state index in [1.54, 1.807) is 0 Å². The molecule has 0 N–H and O–H groups in total. The summed E-state index contributed by atoms with van der Waals surface area (Å²) in [6.45, 7) is 8.23. The number of unbranched alkanes of at least 4 members (excludes halogenated alkanes) is 3. The third-order valence-corrected chi connectivity index (χ3v) is 5.41. The van der Waals surface area contributed by atoms with Crippen LogP contribution in [-0.2, 0) is 0 Å². The fraction of sp³-hybridized carbons (Fsp3) is 1.00. The minimum absolute atomic E-state index is 0.674. The molecule has 116 valence electrons. The Hall–Kier alpha value is 0.350. The molecule has 0 aliphatic rings. The Balaban J connectivity index is 4.05. The lowest BCUT2D eigenvalue weighted by Crippen LogP contribution is -2.27. The Morgan fingerprint density at radius 1 is 0.895 bits per heavy atom. The van der Waals surface area contributed by atoms with Crippen molar-refractivity contribution < 1.29 is 0 Å². The summed E-state index contributed by atoms with van der Waals surface area (Å²) < 4.78 is 2.57. The Morgan fingerprint density at radius 3 is 2.00 bits per heavy atom. The second kappa shape index (κ2) is 12.1. The van der Waals surface area contributed by atoms with Gasteiger partial charge in [-0.25, -0.2) is 0 Å². The van der Waals surface area contributed by atoms with Gasteiger partial charge in [0.15, 0.2) is 0 Å². The van der Waals surface area contributed by atoms with Gasteiger partial charge in [-0.15, -0.1) is 0 Å². The van der Waals surface area contributed by atoms with Crippen LogP contribution < -0.4 is 0 Å². The van der Waals surface area contributed by atoms with E-state index in [4.69, 9.17) is 0 Å². The second-order valence-electron chi connectivity index (χ2n) is 6.15. The van der Waals surface area contributed by atoms with Gasteiger partial charge in [0.05, 0.1) is 0 Å². The zero-order valence-electron chi connectivity index (χ0n) is 14.2. The Kier molecular flexibility index (Phi) is 12.3. The van der Waals surface area contributed by atoms with E-state index in [1.807, 2.05) is 0 Å². The second-order valence-corrected chi connectivity index (χ2v) is 8.01. The van der Waals surface area contributed by atoms with Gasteiger partial charge in [0.1, 0.15) is 0 Å². The number of rotatable bonds is 12. The van der Waals surface area contributed by atoms with Crippen molar-refractivity contribution in [3.8, 4) is 0 Å². The van der Waals surface area contributed by atoms with E-state index in [9.17, 15) is 0 Å². The van der Waals surface area contributed by atoms with Gasteiger partial charge in [-0.2, -0.15) is 0 Å². The first kappa shape index (κ1) is 19.4. The molecule has 0 amide bonds. The van der Waals surface area contributed by atoms with Crippen LogP contribution in [-0.4, -0.2) is 43.0 Å². The van der Waals surface area contributed by atoms with Crippen LogP contribution in [0.5, 0.6) is 0 Å². The molecule has 0 aliphatic heterocycles. The minimum Gasteiger partial charge on any atom is -0.302 e. The first-order valence-corrected chi connectivity index (χ1v) is 9.17. The van der Waals surface area contributed by atoms with Crippen molar-refractivity contribution in [3.05, 3.63) is 0 Å². The molecule has 0 aromatic heterocycles. The molecule has 0 rings (SSSR count). The van der Waals surface area contributed by atoms with Crippen molar-refractivity contribution >= 4 is 8.73 Å². The molecule has 19 heavy (non-hydrogen) atoms. The average molecular weight is 288 g/mol. The summed E-state index contributed by atoms with van der Waals surface area (Å²) in [7, 11) is 7.59. The van der Waals surface area contributed by atoms with Gasteiger partial charge in [0.25, 0.3) is 0 Å². The molecule has 0 spiro atoms. The molecule has 3 unspecified atom stereocenters. The summed E-state index contributed by atoms with van der Waals surface area (Å²) in [4.78, 5) is 2.33. The van der Waals surface area contributed by atoms with Crippen molar-refractivity contribution in [2.24, 2.45) is 5.92 Å². The number of hydrogen-bond acceptors (Lipinski definition) is 2. The van der Waals surface area contributed by atoms with Gasteiger partial charge in [0, 0.05) is 12.3 Å². The molecule has 0 saturated heterocycles. The van der Waals surface area contributed by atoms with E-state index in [-0.39, 0.29) is 0 Å². The van der Waals surface area contributed by atoms with Crippen LogP contribution in [0.1, 0.15) is 65.7 Å². The predicted molar refractivity (Wildman–Crippen MR) is 91.3 cm³/mol. The molecule has 0 radical (unpaired) electrons. The van der Waals surface area contributed by atoms with Gasteiger partial charge < -0.3 is 4.90 Å². The lowest BCUT2D eigenvalue weighted by molar-refractivity contribution is 0.335. The highest BCUT2D eigenvalue weighted by Gasteiger charge is 2.14. The molecular formula is C16H37N2P. The van der Waals surface area contributed by atoms with Gasteiger partial charge in [0.2, 0.25) is 0 Å². The van der Waals surface area contributed by atoms with E-state index in [2.05, 4.69) is 51.5 Å². The summed E-state index contributed by atoms with van der Waals surface area (Å²) in [5.41, 5.74) is 0. The first-order chi connectivity index (χ1) is 9.01. The molecule has 0 aromatic rings. The SMILES string of the molecule is CCCCCC(CCCC)CN(C)PC(C)N(C)C. The molecule has 3 atom stereocenters. The summed E-state index contributed by atoms with van der Waals surface area (Å²) in [5.74, 6) is 1.59. The average Bonchev–Trinajstić information content (AvgIpc) is 2.35. The van der Waals surface area contributed by atoms with Crippen LogP contribution >= 0.6 is 8.73 Å². The van der Waals surface area contributed by atoms with Gasteiger partial charge in [-0.3, -0.25) is 4.67 Å². The smallest absolute Gasteiger partial charge is 0.0369 e. The molecule has 0 aliphatic carbocycles. The minimum atomic E-state index is 0.674. The summed E-state index contributed by atoms with van der Waals surface area (Å²) >= 11 is 0. The van der Waals surface area contributed by atoms with Crippen molar-refractivity contribution in [2.75, 3.05) is 27.7 Å². The van der Waals surface area contributed by atoms with Crippen molar-refractivity contribution in [1.29, 1.82) is 0 Å². The Morgan fingerprint density at radius 2 is 1.47 bits per heavy atom. The number of nitrogens with zero attached hydrogens (tertiary/aromatic N) is 2. The largest absolute Gasteiger partial charge is 0.302 e. The topological polar surface area (TPSA) is 6.48 Å².